The van der Waals surface area contributed by atoms with Crippen molar-refractivity contribution in [2.24, 2.45) is 0 Å². The number of hydrogen-bond donors (Lipinski definition) is 3. The number of thioether (sulfide) groups is 1. The molecular weight excluding hydrogens is 412 g/mol. The van der Waals surface area contributed by atoms with Gasteiger partial charge in [-0.3, -0.25) is 14.7 Å². The average molecular weight is 433 g/mol. The van der Waals surface area contributed by atoms with Crippen molar-refractivity contribution in [2.75, 3.05) is 11.1 Å². The number of benzene rings is 2. The molecule has 156 valence electrons. The molecule has 1 aliphatic rings. The van der Waals surface area contributed by atoms with Crippen LogP contribution in [0.5, 0.6) is 0 Å². The van der Waals surface area contributed by atoms with Gasteiger partial charge in [-0.05, 0) is 31.0 Å². The summed E-state index contributed by atoms with van der Waals surface area (Å²) in [6, 6.07) is 16.8. The molecule has 0 aliphatic heterocycles. The third-order valence-electron chi connectivity index (χ3n) is 5.02. The van der Waals surface area contributed by atoms with E-state index in [4.69, 9.17) is 0 Å². The van der Waals surface area contributed by atoms with Crippen LogP contribution in [-0.2, 0) is 4.79 Å². The number of anilines is 1. The Kier molecular flexibility index (Phi) is 5.17. The fraction of sp³-hybridized carbons (Fsp3) is 0.182. The van der Waals surface area contributed by atoms with Gasteiger partial charge in [0, 0.05) is 34.4 Å². The van der Waals surface area contributed by atoms with Crippen LogP contribution in [0.3, 0.4) is 0 Å². The van der Waals surface area contributed by atoms with E-state index in [1.54, 1.807) is 12.1 Å². The number of aromatic nitrogens is 4. The molecule has 3 N–H and O–H groups in total. The van der Waals surface area contributed by atoms with E-state index in [-0.39, 0.29) is 5.75 Å². The Morgan fingerprint density at radius 3 is 2.65 bits per heavy atom. The summed E-state index contributed by atoms with van der Waals surface area (Å²) < 4.78 is 2.11. The molecule has 2 aromatic carbocycles. The average Bonchev–Trinajstić information content (AvgIpc) is 3.38. The summed E-state index contributed by atoms with van der Waals surface area (Å²) in [5.74, 6) is 0.475. The van der Waals surface area contributed by atoms with Crippen LogP contribution in [0.4, 0.5) is 10.5 Å². The van der Waals surface area contributed by atoms with Gasteiger partial charge < -0.3 is 10.3 Å². The van der Waals surface area contributed by atoms with Gasteiger partial charge in [0.2, 0.25) is 5.91 Å². The number of carbonyl (C=O) groups excluding carboxylic acids is 2. The highest BCUT2D eigenvalue weighted by Gasteiger charge is 2.31. The van der Waals surface area contributed by atoms with Crippen LogP contribution in [0.1, 0.15) is 18.9 Å². The van der Waals surface area contributed by atoms with Crippen molar-refractivity contribution >= 4 is 40.3 Å². The summed E-state index contributed by atoms with van der Waals surface area (Å²) in [5, 5.41) is 15.5. The number of carbonyl (C=O) groups is 2. The standard InChI is InChI=1S/C22H20N6O2S/c29-19(25-21(30)24-14-6-2-1-3-7-14)13-31-22-27-26-20(28(22)15-10-11-15)17-12-23-18-9-5-4-8-16(17)18/h1-9,12,15,23H,10-11,13H2,(H2,24,25,29,30). The number of nitrogens with one attached hydrogen (secondary N) is 3. The Morgan fingerprint density at radius 2 is 1.84 bits per heavy atom. The second-order valence-corrected chi connectivity index (χ2v) is 8.25. The predicted octanol–water partition coefficient (Wildman–Crippen LogP) is 4.20. The Bertz CT molecular complexity index is 1250. The van der Waals surface area contributed by atoms with Gasteiger partial charge in [-0.15, -0.1) is 10.2 Å². The molecule has 0 unspecified atom stereocenters. The van der Waals surface area contributed by atoms with Gasteiger partial charge in [0.05, 0.1) is 5.75 Å². The molecule has 5 rings (SSSR count). The number of imide groups is 1. The first-order valence-electron chi connectivity index (χ1n) is 9.99. The molecule has 0 bridgehead atoms. The lowest BCUT2D eigenvalue weighted by atomic mass is 10.1. The zero-order valence-electron chi connectivity index (χ0n) is 16.5. The van der Waals surface area contributed by atoms with Crippen molar-refractivity contribution in [1.29, 1.82) is 0 Å². The summed E-state index contributed by atoms with van der Waals surface area (Å²) in [7, 11) is 0. The van der Waals surface area contributed by atoms with Gasteiger partial charge in [0.1, 0.15) is 0 Å². The number of para-hydroxylation sites is 2. The van der Waals surface area contributed by atoms with Gasteiger partial charge in [-0.25, -0.2) is 4.79 Å². The molecule has 8 nitrogen and oxygen atoms in total. The van der Waals surface area contributed by atoms with E-state index in [2.05, 4.69) is 36.4 Å². The Hall–Kier alpha value is -3.59. The van der Waals surface area contributed by atoms with Crippen molar-refractivity contribution in [1.82, 2.24) is 25.1 Å². The van der Waals surface area contributed by atoms with Crippen molar-refractivity contribution in [3.8, 4) is 11.4 Å². The van der Waals surface area contributed by atoms with Crippen LogP contribution in [0.2, 0.25) is 0 Å². The van der Waals surface area contributed by atoms with Gasteiger partial charge in [0.25, 0.3) is 0 Å². The van der Waals surface area contributed by atoms with E-state index in [0.29, 0.717) is 16.9 Å². The van der Waals surface area contributed by atoms with E-state index in [9.17, 15) is 9.59 Å². The fourth-order valence-electron chi connectivity index (χ4n) is 3.45. The van der Waals surface area contributed by atoms with Crippen LogP contribution >= 0.6 is 11.8 Å². The van der Waals surface area contributed by atoms with Crippen LogP contribution in [0.25, 0.3) is 22.3 Å². The second kappa shape index (κ2) is 8.27. The third-order valence-corrected chi connectivity index (χ3v) is 5.97. The molecule has 3 amide bonds. The first-order valence-corrected chi connectivity index (χ1v) is 11.0. The predicted molar refractivity (Wildman–Crippen MR) is 120 cm³/mol. The Morgan fingerprint density at radius 1 is 1.06 bits per heavy atom. The van der Waals surface area contributed by atoms with Crippen LogP contribution in [-0.4, -0.2) is 37.4 Å². The molecule has 0 atom stereocenters. The van der Waals surface area contributed by atoms with Crippen molar-refractivity contribution in [3.05, 3.63) is 60.8 Å². The lowest BCUT2D eigenvalue weighted by Crippen LogP contribution is -2.35. The molecule has 0 radical (unpaired) electrons. The normalized spacial score (nSPS) is 13.3. The number of aromatic amines is 1. The first-order chi connectivity index (χ1) is 15.2. The van der Waals surface area contributed by atoms with Crippen molar-refractivity contribution in [3.63, 3.8) is 0 Å². The molecule has 31 heavy (non-hydrogen) atoms. The maximum Gasteiger partial charge on any atom is 0.325 e. The van der Waals surface area contributed by atoms with Gasteiger partial charge >= 0.3 is 6.03 Å². The first kappa shape index (κ1) is 19.4. The molecule has 4 aromatic rings. The van der Waals surface area contributed by atoms with E-state index < -0.39 is 11.9 Å². The molecular formula is C22H20N6O2S. The summed E-state index contributed by atoms with van der Waals surface area (Å²) in [6.45, 7) is 0. The van der Waals surface area contributed by atoms with Gasteiger partial charge in [-0.1, -0.05) is 48.2 Å². The monoisotopic (exact) mass is 432 g/mol. The molecule has 1 aliphatic carbocycles. The molecule has 0 saturated heterocycles. The molecule has 2 aromatic heterocycles. The van der Waals surface area contributed by atoms with Gasteiger partial charge in [-0.2, -0.15) is 0 Å². The minimum Gasteiger partial charge on any atom is -0.360 e. The van der Waals surface area contributed by atoms with E-state index in [1.807, 2.05) is 42.6 Å². The van der Waals surface area contributed by atoms with Crippen LogP contribution in [0.15, 0.2) is 66.0 Å². The fourth-order valence-corrected chi connectivity index (χ4v) is 4.26. The zero-order chi connectivity index (χ0) is 21.2. The molecule has 2 heterocycles. The topological polar surface area (TPSA) is 105 Å². The summed E-state index contributed by atoms with van der Waals surface area (Å²) in [4.78, 5) is 27.6. The van der Waals surface area contributed by atoms with Gasteiger partial charge in [0.15, 0.2) is 11.0 Å². The number of fused-ring (bicyclic) bond motifs is 1. The van der Waals surface area contributed by atoms with Crippen LogP contribution in [0, 0.1) is 0 Å². The number of nitrogens with zero attached hydrogens (tertiary/aromatic N) is 3. The van der Waals surface area contributed by atoms with E-state index in [1.165, 1.54) is 11.8 Å². The highest BCUT2D eigenvalue weighted by atomic mass is 32.2. The molecule has 1 saturated carbocycles. The number of hydrogen-bond acceptors (Lipinski definition) is 5. The third kappa shape index (κ3) is 4.17. The lowest BCUT2D eigenvalue weighted by molar-refractivity contribution is -0.117. The number of H-pyrrole nitrogens is 1. The maximum atomic E-state index is 12.3. The quantitative estimate of drug-likeness (QED) is 0.396. The molecule has 1 fully saturated rings. The number of amides is 3. The summed E-state index contributed by atoms with van der Waals surface area (Å²) >= 11 is 1.28. The number of rotatable bonds is 6. The zero-order valence-corrected chi connectivity index (χ0v) is 17.4. The van der Waals surface area contributed by atoms with E-state index >= 15 is 0 Å². The Labute approximate surface area is 182 Å². The molecule has 9 heteroatoms. The second-order valence-electron chi connectivity index (χ2n) is 7.31. The lowest BCUT2D eigenvalue weighted by Gasteiger charge is -2.09. The highest BCUT2D eigenvalue weighted by molar-refractivity contribution is 7.99. The SMILES string of the molecule is O=C(CSc1nnc(-c2c[nH]c3ccccc23)n1C1CC1)NC(=O)Nc1ccccc1. The largest absolute Gasteiger partial charge is 0.360 e. The van der Waals surface area contributed by atoms with E-state index in [0.717, 1.165) is 35.1 Å². The van der Waals surface area contributed by atoms with Crippen LogP contribution < -0.4 is 10.6 Å². The number of urea groups is 1. The molecule has 0 spiro atoms. The minimum atomic E-state index is -0.556. The van der Waals surface area contributed by atoms with Crippen molar-refractivity contribution in [2.45, 2.75) is 24.0 Å². The van der Waals surface area contributed by atoms with Crippen molar-refractivity contribution < 1.29 is 9.59 Å². The summed E-state index contributed by atoms with van der Waals surface area (Å²) in [6.07, 6.45) is 4.07. The minimum absolute atomic E-state index is 0.0704. The summed E-state index contributed by atoms with van der Waals surface area (Å²) in [5.41, 5.74) is 2.66. The highest BCUT2D eigenvalue weighted by Crippen LogP contribution is 2.42. The maximum absolute atomic E-state index is 12.3. The Balaban J connectivity index is 1.28. The smallest absolute Gasteiger partial charge is 0.325 e.